The van der Waals surface area contributed by atoms with Crippen LogP contribution in [0, 0.1) is 0 Å². The van der Waals surface area contributed by atoms with Crippen molar-refractivity contribution in [2.45, 2.75) is 24.6 Å². The van der Waals surface area contributed by atoms with E-state index in [1.165, 1.54) is 0 Å². The smallest absolute Gasteiger partial charge is 0.104 e. The largest absolute Gasteiger partial charge is 0.320 e. The molecule has 0 amide bonds. The normalized spacial score (nSPS) is 23.0. The Hall–Kier alpha value is 23.1. The van der Waals surface area contributed by atoms with Gasteiger partial charge >= 0.3 is 448 Å². The van der Waals surface area contributed by atoms with Crippen molar-refractivity contribution in [3.63, 3.8) is 0 Å². The maximum atomic E-state index is 12.5. The minimum absolute atomic E-state index is 0.361. The molecule has 3 N–H and O–H groups in total. The SMILES string of the molecule is I[I-]I(I)I(I)I(I)I(I)I(I)I(I)I(I)I(I)I(I)I(I)I(I)I(I)I(I)I(I)I(I)I.NC1(c2cn[nH]n2)CC(F)C1. The van der Waals surface area contributed by atoms with E-state index in [2.05, 4.69) is 332 Å². The summed E-state index contributed by atoms with van der Waals surface area (Å²) in [5.74, 6) is 0. The van der Waals surface area contributed by atoms with Gasteiger partial charge in [-0.25, -0.2) is 4.39 Å². The molecule has 0 unspecified atom stereocenters. The summed E-state index contributed by atoms with van der Waals surface area (Å²) in [5.41, 5.74) is 5.89. The first-order chi connectivity index (χ1) is 20.2. The first-order valence-electron chi connectivity index (χ1n) is 8.07. The van der Waals surface area contributed by atoms with Crippen LogP contribution in [0.3, 0.4) is 0 Å². The predicted molar refractivity (Wildman–Crippen MR) is 485 cm³/mol. The number of rotatable bonds is 16. The van der Waals surface area contributed by atoms with Crippen LogP contribution in [0.1, 0.15) is 18.5 Å². The van der Waals surface area contributed by atoms with Gasteiger partial charge in [-0.1, -0.05) is 0 Å². The number of hydrogen-bond acceptors (Lipinski definition) is 3. The average Bonchev–Trinajstić information content (AvgIpc) is 3.55. The van der Waals surface area contributed by atoms with Crippen LogP contribution in [0.2, 0.25) is 0 Å². The third-order valence-electron chi connectivity index (χ3n) is 3.28. The summed E-state index contributed by atoms with van der Waals surface area (Å²) in [6.07, 6.45) is 1.50. The van der Waals surface area contributed by atoms with E-state index < -0.39 is 122 Å². The van der Waals surface area contributed by atoms with E-state index in [0.29, 0.717) is 31.8 Å². The van der Waals surface area contributed by atoms with Gasteiger partial charge in [0.05, 0.1) is 11.7 Å². The predicted octanol–water partition coefficient (Wildman–Crippen LogP) is 25.4. The Morgan fingerprint density at radius 2 is 0.955 bits per heavy atom. The van der Waals surface area contributed by atoms with Gasteiger partial charge in [-0.3, -0.25) is 0 Å². The van der Waals surface area contributed by atoms with Crippen LogP contribution in [0.15, 0.2) is 6.20 Å². The summed E-state index contributed by atoms with van der Waals surface area (Å²) in [7, 11) is -6.96. The average molecular weight is 4340 g/mol. The van der Waals surface area contributed by atoms with Crippen LogP contribution >= 0.6 is 435 Å². The van der Waals surface area contributed by atoms with E-state index in [9.17, 15) is 4.39 Å². The number of alkyl halides is 1. The number of nitrogens with one attached hydrogen (secondary N) is 1. The fraction of sp³-hybridized carbons (Fsp3) is 0.667. The molecule has 0 spiro atoms. The number of halogens is 34. The Morgan fingerprint density at radius 3 is 1.20 bits per heavy atom. The number of H-pyrrole nitrogens is 1. The molecule has 1 aliphatic carbocycles. The zero-order valence-corrected chi connectivity index (χ0v) is 89.6. The molecule has 1 aliphatic rings. The molecule has 1 heterocycles. The molecular weight excluding hydrogens is 4330 g/mol. The van der Waals surface area contributed by atoms with Gasteiger partial charge in [0.25, 0.3) is 0 Å². The molecule has 2 rings (SSSR count). The third-order valence-corrected chi connectivity index (χ3v) is 2400. The topological polar surface area (TPSA) is 67.6 Å². The summed E-state index contributed by atoms with van der Waals surface area (Å²) in [5, 5.41) is 9.89. The molecule has 0 radical (unpaired) electrons. The summed E-state index contributed by atoms with van der Waals surface area (Å²) in [4.78, 5) is 0. The van der Waals surface area contributed by atoms with Gasteiger partial charge in [0, 0.05) is 12.8 Å². The summed E-state index contributed by atoms with van der Waals surface area (Å²) >= 11 is 54.7. The monoisotopic (exact) mass is 4340 g/mol. The van der Waals surface area contributed by atoms with Gasteiger partial charge in [-0.15, -0.1) is 0 Å². The maximum Gasteiger partial charge on any atom is 0.104 e. The van der Waals surface area contributed by atoms with Crippen LogP contribution in [-0.4, -0.2) is 21.6 Å². The minimum atomic E-state index is -0.767. The van der Waals surface area contributed by atoms with Crippen LogP contribution in [0.25, 0.3) is 0 Å². The number of aromatic amines is 1. The van der Waals surface area contributed by atoms with Gasteiger partial charge in [-0.05, 0) is 0 Å². The van der Waals surface area contributed by atoms with Gasteiger partial charge in [0.2, 0.25) is 0 Å². The van der Waals surface area contributed by atoms with Gasteiger partial charge in [0.15, 0.2) is 0 Å². The molecule has 292 valence electrons. The number of hydrogen-bond donors (Lipinski definition) is 2. The Kier molecular flexibility index (Phi) is 54.7. The van der Waals surface area contributed by atoms with Crippen molar-refractivity contribution in [1.29, 1.82) is 0 Å². The van der Waals surface area contributed by atoms with Crippen molar-refractivity contribution < 1.29 is 17.6 Å². The second-order valence-corrected chi connectivity index (χ2v) is 753. The Labute approximate surface area is 484 Å². The second-order valence-electron chi connectivity index (χ2n) is 5.50. The number of aromatic nitrogens is 3. The molecule has 1 saturated carbocycles. The van der Waals surface area contributed by atoms with Gasteiger partial charge < -0.3 is 5.73 Å². The van der Waals surface area contributed by atoms with Gasteiger partial charge in [-0.2, -0.15) is 15.4 Å². The standard InChI is InChI=1S/C6H9FN4.I33/c7-4-1-6(8,2-4)5-3-9-11-10-5;1-18-20(4)22(6)24(8)26(10)28(12)30(14)32(16)33(17)31(15)29(13)27(11)25(9)23(7)21(5)19(2)3/h3-4H,1-2,8H2,(H,9,10,11);/q;-1. The molecule has 44 heavy (non-hydrogen) atoms. The molecule has 38 heteroatoms. The van der Waals surface area contributed by atoms with E-state index in [-0.39, 0.29) is 7.89 Å². The minimum Gasteiger partial charge on any atom is -0.320 e. The molecule has 1 aromatic heterocycles. The van der Waals surface area contributed by atoms with Crippen molar-refractivity contribution in [1.82, 2.24) is 15.4 Å². The summed E-state index contributed by atoms with van der Waals surface area (Å²) < 4.78 is 12.5. The van der Waals surface area contributed by atoms with Crippen molar-refractivity contribution in [3.8, 4) is 0 Å². The molecule has 0 atom stereocenters. The number of nitrogens with zero attached hydrogens (tertiary/aromatic N) is 2. The van der Waals surface area contributed by atoms with Crippen molar-refractivity contribution in [2.24, 2.45) is 5.73 Å². The molecule has 1 fully saturated rings. The Balaban J connectivity index is 0.000000720. The van der Waals surface area contributed by atoms with Crippen molar-refractivity contribution >= 4 is 435 Å². The first kappa shape index (κ1) is 65.1. The molecule has 0 saturated heterocycles. The summed E-state index contributed by atoms with van der Waals surface area (Å²) in [6.45, 7) is 0. The van der Waals surface area contributed by atoms with E-state index in [1.54, 1.807) is 6.20 Å². The third kappa shape index (κ3) is 24.7. The summed E-state index contributed by atoms with van der Waals surface area (Å²) in [6, 6.07) is 0. The molecule has 1 aromatic rings. The molecule has 4 nitrogen and oxygen atoms in total. The van der Waals surface area contributed by atoms with Crippen LogP contribution < -0.4 is 19.0 Å². The maximum absolute atomic E-state index is 12.5. The first-order valence-corrected chi connectivity index (χ1v) is 209. The van der Waals surface area contributed by atoms with Crippen LogP contribution in [0.5, 0.6) is 0 Å². The van der Waals surface area contributed by atoms with Crippen LogP contribution in [-0.2, 0) is 5.54 Å². The van der Waals surface area contributed by atoms with E-state index in [0.717, 1.165) is 0 Å². The van der Waals surface area contributed by atoms with E-state index in [4.69, 9.17) is 5.73 Å². The fourth-order valence-corrected chi connectivity index (χ4v) is 5660. The molecule has 0 bridgehead atoms. The van der Waals surface area contributed by atoms with Crippen LogP contribution in [0.4, 0.5) is 4.39 Å². The van der Waals surface area contributed by atoms with Gasteiger partial charge in [0.1, 0.15) is 11.9 Å². The number of nitrogens with two attached hydrogens (primary N) is 1. The Bertz CT molecular complexity index is 920. The van der Waals surface area contributed by atoms with Crippen molar-refractivity contribution in [2.75, 3.05) is 0 Å². The Morgan fingerprint density at radius 1 is 0.636 bits per heavy atom. The molecular formula is C6H9FI33N4-. The quantitative estimate of drug-likeness (QED) is 0.162. The van der Waals surface area contributed by atoms with E-state index >= 15 is 0 Å². The zero-order chi connectivity index (χ0) is 34.3. The zero-order valence-electron chi connectivity index (χ0n) is 18.4. The molecule has 0 aromatic carbocycles. The molecule has 0 aliphatic heterocycles. The second kappa shape index (κ2) is 36.9. The van der Waals surface area contributed by atoms with E-state index in [1.807, 2.05) is 0 Å². The fourth-order valence-electron chi connectivity index (χ4n) is 1.80. The van der Waals surface area contributed by atoms with Crippen molar-refractivity contribution in [3.05, 3.63) is 11.9 Å².